The van der Waals surface area contributed by atoms with Gasteiger partial charge in [0, 0.05) is 19.2 Å². The minimum Gasteiger partial charge on any atom is -0.361 e. The lowest BCUT2D eigenvalue weighted by Gasteiger charge is -2.36. The molecule has 1 aliphatic rings. The third-order valence-electron chi connectivity index (χ3n) is 4.36. The summed E-state index contributed by atoms with van der Waals surface area (Å²) < 4.78 is 27.5. The zero-order chi connectivity index (χ0) is 17.3. The summed E-state index contributed by atoms with van der Waals surface area (Å²) >= 11 is 1.31. The maximum Gasteiger partial charge on any atom is 0.183 e. The molecule has 2 heterocycles. The van der Waals surface area contributed by atoms with Crippen LogP contribution in [-0.2, 0) is 0 Å². The fourth-order valence-electron chi connectivity index (χ4n) is 3.28. The van der Waals surface area contributed by atoms with E-state index in [9.17, 15) is 8.78 Å². The lowest BCUT2D eigenvalue weighted by atomic mass is 9.92. The zero-order valence-electron chi connectivity index (χ0n) is 14.5. The highest BCUT2D eigenvalue weighted by atomic mass is 32.1. The zero-order valence-corrected chi connectivity index (χ0v) is 15.3. The first-order valence-corrected chi connectivity index (χ1v) is 9.34. The summed E-state index contributed by atoms with van der Waals surface area (Å²) in [5, 5.41) is 3.99. The Hall–Kier alpha value is -1.27. The van der Waals surface area contributed by atoms with E-state index >= 15 is 0 Å². The van der Waals surface area contributed by atoms with Crippen LogP contribution >= 0.6 is 11.3 Å². The van der Waals surface area contributed by atoms with Crippen LogP contribution < -0.4 is 5.32 Å². The molecule has 1 N–H and O–H groups in total. The topological polar surface area (TPSA) is 28.2 Å². The number of likely N-dealkylation sites (tertiary alicyclic amines) is 1. The molecule has 0 spiro atoms. The van der Waals surface area contributed by atoms with Crippen LogP contribution in [0.5, 0.6) is 0 Å². The molecule has 6 heteroatoms. The van der Waals surface area contributed by atoms with Crippen molar-refractivity contribution in [3.8, 4) is 0 Å². The summed E-state index contributed by atoms with van der Waals surface area (Å²) in [6.07, 6.45) is 2.33. The van der Waals surface area contributed by atoms with Crippen molar-refractivity contribution in [1.82, 2.24) is 9.88 Å². The molecule has 1 aromatic carbocycles. The smallest absolute Gasteiger partial charge is 0.183 e. The van der Waals surface area contributed by atoms with Crippen LogP contribution in [0.2, 0.25) is 0 Å². The Morgan fingerprint density at radius 3 is 2.62 bits per heavy atom. The molecule has 0 unspecified atom stereocenters. The normalized spacial score (nSPS) is 17.5. The fourth-order valence-corrected chi connectivity index (χ4v) is 4.20. The molecule has 3 rings (SSSR count). The number of nitrogens with one attached hydrogen (secondary N) is 1. The first-order valence-electron chi connectivity index (χ1n) is 8.52. The Bertz CT molecular complexity index is 700. The minimum atomic E-state index is -0.593. The van der Waals surface area contributed by atoms with Crippen LogP contribution in [0.1, 0.15) is 33.6 Å². The molecular formula is C18H25F2N3S. The summed E-state index contributed by atoms with van der Waals surface area (Å²) in [5.41, 5.74) is 0.592. The van der Waals surface area contributed by atoms with Gasteiger partial charge >= 0.3 is 0 Å². The van der Waals surface area contributed by atoms with Crippen molar-refractivity contribution in [3.05, 3.63) is 23.8 Å². The summed E-state index contributed by atoms with van der Waals surface area (Å²) in [6, 6.07) is 2.23. The van der Waals surface area contributed by atoms with Gasteiger partial charge in [0.15, 0.2) is 10.9 Å². The molecular weight excluding hydrogens is 328 g/mol. The maximum absolute atomic E-state index is 13.7. The van der Waals surface area contributed by atoms with Crippen LogP contribution in [0.3, 0.4) is 0 Å². The van der Waals surface area contributed by atoms with Crippen molar-refractivity contribution in [2.75, 3.05) is 31.5 Å². The average molecular weight is 353 g/mol. The van der Waals surface area contributed by atoms with E-state index in [-0.39, 0.29) is 5.52 Å². The number of halogens is 2. The molecule has 0 atom stereocenters. The van der Waals surface area contributed by atoms with Crippen LogP contribution in [-0.4, -0.2) is 36.1 Å². The van der Waals surface area contributed by atoms with Gasteiger partial charge in [0.2, 0.25) is 0 Å². The van der Waals surface area contributed by atoms with Crippen molar-refractivity contribution < 1.29 is 8.78 Å². The number of thiazole rings is 1. The number of benzene rings is 1. The lowest BCUT2D eigenvalue weighted by Crippen LogP contribution is -2.40. The lowest BCUT2D eigenvalue weighted by molar-refractivity contribution is 0.140. The molecule has 132 valence electrons. The van der Waals surface area contributed by atoms with E-state index in [1.54, 1.807) is 0 Å². The number of fused-ring (bicyclic) bond motifs is 1. The van der Waals surface area contributed by atoms with Crippen LogP contribution in [0.15, 0.2) is 12.1 Å². The maximum atomic E-state index is 13.7. The molecule has 0 saturated carbocycles. The number of hydrogen-bond donors (Lipinski definition) is 1. The third kappa shape index (κ3) is 4.42. The highest BCUT2D eigenvalue weighted by Crippen LogP contribution is 2.29. The van der Waals surface area contributed by atoms with Crippen LogP contribution in [0.25, 0.3) is 10.2 Å². The Labute approximate surface area is 146 Å². The summed E-state index contributed by atoms with van der Waals surface area (Å²) in [6.45, 7) is 11.1. The Morgan fingerprint density at radius 2 is 1.96 bits per heavy atom. The van der Waals surface area contributed by atoms with Crippen molar-refractivity contribution >= 4 is 26.7 Å². The molecule has 1 fully saturated rings. The van der Waals surface area contributed by atoms with E-state index in [1.165, 1.54) is 17.4 Å². The van der Waals surface area contributed by atoms with Gasteiger partial charge in [-0.1, -0.05) is 32.1 Å². The minimum absolute atomic E-state index is 0.254. The van der Waals surface area contributed by atoms with E-state index in [1.807, 2.05) is 0 Å². The SMILES string of the molecule is CC(C)(C)CN1CCC(CNc2nc3c(F)cc(F)cc3s2)CC1. The predicted octanol–water partition coefficient (Wildman–Crippen LogP) is 4.74. The molecule has 0 bridgehead atoms. The standard InChI is InChI=1S/C18H25F2N3S/c1-18(2,3)11-23-6-4-12(5-7-23)10-21-17-22-16-14(20)8-13(19)9-15(16)24-17/h8-9,12H,4-7,10-11H2,1-3H3,(H,21,22). The number of nitrogens with zero attached hydrogens (tertiary/aromatic N) is 2. The van der Waals surface area contributed by atoms with Gasteiger partial charge in [0.05, 0.1) is 4.70 Å². The second kappa shape index (κ2) is 6.92. The van der Waals surface area contributed by atoms with E-state index in [0.717, 1.165) is 45.1 Å². The van der Waals surface area contributed by atoms with Crippen molar-refractivity contribution in [1.29, 1.82) is 0 Å². The van der Waals surface area contributed by atoms with E-state index in [0.29, 0.717) is 21.2 Å². The molecule has 24 heavy (non-hydrogen) atoms. The Balaban J connectivity index is 1.53. The van der Waals surface area contributed by atoms with Crippen LogP contribution in [0, 0.1) is 23.0 Å². The molecule has 1 aliphatic heterocycles. The quantitative estimate of drug-likeness (QED) is 0.860. The summed E-state index contributed by atoms with van der Waals surface area (Å²) in [4.78, 5) is 6.79. The number of piperidine rings is 1. The van der Waals surface area contributed by atoms with Crippen LogP contribution in [0.4, 0.5) is 13.9 Å². The largest absolute Gasteiger partial charge is 0.361 e. The summed E-state index contributed by atoms with van der Waals surface area (Å²) in [7, 11) is 0. The average Bonchev–Trinajstić information content (AvgIpc) is 2.88. The molecule has 0 amide bonds. The summed E-state index contributed by atoms with van der Waals surface area (Å²) in [5.74, 6) is -0.541. The van der Waals surface area contributed by atoms with E-state index in [4.69, 9.17) is 0 Å². The fraction of sp³-hybridized carbons (Fsp3) is 0.611. The Morgan fingerprint density at radius 1 is 1.25 bits per heavy atom. The van der Waals surface area contributed by atoms with Crippen molar-refractivity contribution in [2.24, 2.45) is 11.3 Å². The predicted molar refractivity (Wildman–Crippen MR) is 96.6 cm³/mol. The van der Waals surface area contributed by atoms with Gasteiger partial charge in [-0.05, 0) is 43.3 Å². The van der Waals surface area contributed by atoms with Gasteiger partial charge < -0.3 is 10.2 Å². The monoisotopic (exact) mass is 353 g/mol. The first-order chi connectivity index (χ1) is 11.3. The highest BCUT2D eigenvalue weighted by molar-refractivity contribution is 7.22. The van der Waals surface area contributed by atoms with Gasteiger partial charge in [-0.3, -0.25) is 0 Å². The molecule has 0 aliphatic carbocycles. The first kappa shape index (κ1) is 17.5. The van der Waals surface area contributed by atoms with E-state index in [2.05, 4.69) is 36.0 Å². The van der Waals surface area contributed by atoms with Gasteiger partial charge in [-0.15, -0.1) is 0 Å². The van der Waals surface area contributed by atoms with Crippen molar-refractivity contribution in [2.45, 2.75) is 33.6 Å². The highest BCUT2D eigenvalue weighted by Gasteiger charge is 2.23. The van der Waals surface area contributed by atoms with E-state index < -0.39 is 11.6 Å². The second-order valence-corrected chi connectivity index (χ2v) is 8.95. The number of anilines is 1. The van der Waals surface area contributed by atoms with Gasteiger partial charge in [-0.2, -0.15) is 0 Å². The molecule has 0 radical (unpaired) electrons. The molecule has 3 nitrogen and oxygen atoms in total. The molecule has 1 saturated heterocycles. The van der Waals surface area contributed by atoms with Gasteiger partial charge in [0.25, 0.3) is 0 Å². The number of rotatable bonds is 4. The van der Waals surface area contributed by atoms with Gasteiger partial charge in [0.1, 0.15) is 11.3 Å². The molecule has 2 aromatic rings. The second-order valence-electron chi connectivity index (χ2n) is 7.91. The molecule has 1 aromatic heterocycles. The Kier molecular flexibility index (Phi) is 5.06. The van der Waals surface area contributed by atoms with Crippen molar-refractivity contribution in [3.63, 3.8) is 0 Å². The number of aromatic nitrogens is 1. The van der Waals surface area contributed by atoms with Gasteiger partial charge in [-0.25, -0.2) is 13.8 Å². The third-order valence-corrected chi connectivity index (χ3v) is 5.32. The number of hydrogen-bond acceptors (Lipinski definition) is 4.